The number of esters is 1. The molecule has 5 rings (SSSR count). The molecular weight excluding hydrogens is 506 g/mol. The van der Waals surface area contributed by atoms with Crippen LogP contribution in [0.2, 0.25) is 0 Å². The number of rotatable bonds is 12. The SMILES string of the molecule is CN/C=C\CC(OC)Oc1cc(C)c(-c2cccc(COc3ccc4c(c3)OC[C@H]4CC(=O)OC)c2)c2c1CC2. The van der Waals surface area contributed by atoms with Gasteiger partial charge in [-0.15, -0.1) is 0 Å². The van der Waals surface area contributed by atoms with E-state index in [0.717, 1.165) is 41.2 Å². The van der Waals surface area contributed by atoms with Gasteiger partial charge in [-0.05, 0) is 77.5 Å². The van der Waals surface area contributed by atoms with Crippen molar-refractivity contribution in [3.05, 3.63) is 88.6 Å². The van der Waals surface area contributed by atoms with Crippen molar-refractivity contribution in [3.63, 3.8) is 0 Å². The summed E-state index contributed by atoms with van der Waals surface area (Å²) in [6.07, 6.45) is 6.58. The molecule has 1 heterocycles. The fraction of sp³-hybridized carbons (Fsp3) is 0.364. The second kappa shape index (κ2) is 12.5. The lowest BCUT2D eigenvalue weighted by atomic mass is 9.79. The van der Waals surface area contributed by atoms with Crippen molar-refractivity contribution >= 4 is 5.97 Å². The molecule has 1 unspecified atom stereocenters. The molecule has 40 heavy (non-hydrogen) atoms. The third-order valence-electron chi connectivity index (χ3n) is 7.59. The summed E-state index contributed by atoms with van der Waals surface area (Å²) in [5.74, 6) is 2.21. The van der Waals surface area contributed by atoms with Gasteiger partial charge in [0.2, 0.25) is 6.29 Å². The Hall–Kier alpha value is -3.97. The Balaban J connectivity index is 1.28. The standard InChI is InChI=1S/C33H37NO6/c1-21-15-30(40-32(37-4)9-6-14-34-2)27-12-13-28(27)33(21)23-8-5-7-22(16-23)19-38-25-10-11-26-24(17-31(35)36-3)20-39-29(26)18-25/h5-8,10-11,14-16,18,24,32,34H,9,12-13,17,19-20H2,1-4H3/b14-6-/t24-,32?/m1/s1. The van der Waals surface area contributed by atoms with E-state index in [1.165, 1.54) is 34.9 Å². The third-order valence-corrected chi connectivity index (χ3v) is 7.59. The van der Waals surface area contributed by atoms with Crippen LogP contribution in [0.4, 0.5) is 0 Å². The number of hydrogen-bond acceptors (Lipinski definition) is 7. The van der Waals surface area contributed by atoms with Crippen LogP contribution in [0, 0.1) is 6.92 Å². The van der Waals surface area contributed by atoms with Gasteiger partial charge in [-0.3, -0.25) is 4.79 Å². The molecule has 1 aliphatic heterocycles. The maximum Gasteiger partial charge on any atom is 0.306 e. The third kappa shape index (κ3) is 5.94. The zero-order valence-electron chi connectivity index (χ0n) is 23.6. The molecule has 210 valence electrons. The molecule has 7 heteroatoms. The van der Waals surface area contributed by atoms with Crippen molar-refractivity contribution < 1.29 is 28.5 Å². The van der Waals surface area contributed by atoms with Gasteiger partial charge in [0, 0.05) is 38.1 Å². The van der Waals surface area contributed by atoms with Crippen LogP contribution in [-0.4, -0.2) is 40.1 Å². The second-order valence-electron chi connectivity index (χ2n) is 10.2. The summed E-state index contributed by atoms with van der Waals surface area (Å²) >= 11 is 0. The van der Waals surface area contributed by atoms with E-state index in [1.807, 2.05) is 37.5 Å². The van der Waals surface area contributed by atoms with Gasteiger partial charge in [0.15, 0.2) is 0 Å². The first-order valence-corrected chi connectivity index (χ1v) is 13.7. The van der Waals surface area contributed by atoms with Crippen molar-refractivity contribution in [2.75, 3.05) is 27.9 Å². The number of aryl methyl sites for hydroxylation is 1. The number of carbonyl (C=O) groups excluding carboxylic acids is 1. The average molecular weight is 544 g/mol. The Labute approximate surface area is 236 Å². The predicted octanol–water partition coefficient (Wildman–Crippen LogP) is 5.85. The molecular formula is C33H37NO6. The lowest BCUT2D eigenvalue weighted by Crippen LogP contribution is -2.22. The molecule has 1 N–H and O–H groups in total. The minimum atomic E-state index is -0.330. The largest absolute Gasteiger partial charge is 0.492 e. The normalized spacial score (nSPS) is 15.9. The Kier molecular flexibility index (Phi) is 8.60. The highest BCUT2D eigenvalue weighted by Crippen LogP contribution is 2.43. The quantitative estimate of drug-likeness (QED) is 0.227. The van der Waals surface area contributed by atoms with E-state index >= 15 is 0 Å². The van der Waals surface area contributed by atoms with Crippen molar-refractivity contribution in [3.8, 4) is 28.4 Å². The summed E-state index contributed by atoms with van der Waals surface area (Å²) in [4.78, 5) is 11.7. The van der Waals surface area contributed by atoms with Crippen LogP contribution < -0.4 is 19.5 Å². The van der Waals surface area contributed by atoms with Gasteiger partial charge < -0.3 is 29.0 Å². The van der Waals surface area contributed by atoms with Crippen LogP contribution in [0.25, 0.3) is 11.1 Å². The molecule has 0 bridgehead atoms. The Morgan fingerprint density at radius 1 is 1.12 bits per heavy atom. The van der Waals surface area contributed by atoms with Crippen molar-refractivity contribution in [1.29, 1.82) is 0 Å². The molecule has 0 radical (unpaired) electrons. The zero-order chi connectivity index (χ0) is 28.1. The van der Waals surface area contributed by atoms with Crippen molar-refractivity contribution in [2.24, 2.45) is 0 Å². The van der Waals surface area contributed by atoms with E-state index in [-0.39, 0.29) is 18.2 Å². The van der Waals surface area contributed by atoms with Crippen molar-refractivity contribution in [1.82, 2.24) is 5.32 Å². The molecule has 1 aliphatic carbocycles. The van der Waals surface area contributed by atoms with Gasteiger partial charge in [-0.25, -0.2) is 0 Å². The average Bonchev–Trinajstić information content (AvgIpc) is 3.34. The topological polar surface area (TPSA) is 75.3 Å². The number of methoxy groups -OCH3 is 2. The predicted molar refractivity (Wildman–Crippen MR) is 154 cm³/mol. The van der Waals surface area contributed by atoms with Crippen LogP contribution in [0.5, 0.6) is 17.2 Å². The minimum absolute atomic E-state index is 0.0152. The van der Waals surface area contributed by atoms with E-state index in [2.05, 4.69) is 42.6 Å². The molecule has 3 aromatic rings. The van der Waals surface area contributed by atoms with Crippen LogP contribution in [0.1, 0.15) is 46.6 Å². The van der Waals surface area contributed by atoms with E-state index in [9.17, 15) is 4.79 Å². The van der Waals surface area contributed by atoms with E-state index in [0.29, 0.717) is 26.1 Å². The number of nitrogens with one attached hydrogen (secondary N) is 1. The number of carbonyl (C=O) groups is 1. The molecule has 0 saturated heterocycles. The molecule has 0 amide bonds. The number of fused-ring (bicyclic) bond motifs is 2. The van der Waals surface area contributed by atoms with E-state index in [1.54, 1.807) is 7.11 Å². The van der Waals surface area contributed by atoms with Gasteiger partial charge in [0.1, 0.15) is 23.9 Å². The summed E-state index contributed by atoms with van der Waals surface area (Å²) in [6, 6.07) is 16.5. The highest BCUT2D eigenvalue weighted by atomic mass is 16.7. The van der Waals surface area contributed by atoms with Gasteiger partial charge in [0.05, 0.1) is 20.1 Å². The molecule has 3 aromatic carbocycles. The summed E-state index contributed by atoms with van der Waals surface area (Å²) in [5, 5.41) is 3.00. The first-order chi connectivity index (χ1) is 19.5. The molecule has 2 atom stereocenters. The molecule has 2 aliphatic rings. The smallest absolute Gasteiger partial charge is 0.306 e. The summed E-state index contributed by atoms with van der Waals surface area (Å²) in [7, 11) is 4.96. The Bertz CT molecular complexity index is 1400. The second-order valence-corrected chi connectivity index (χ2v) is 10.2. The number of hydrogen-bond donors (Lipinski definition) is 1. The maximum atomic E-state index is 11.7. The highest BCUT2D eigenvalue weighted by Gasteiger charge is 2.28. The lowest BCUT2D eigenvalue weighted by molar-refractivity contribution is -0.141. The number of benzene rings is 3. The minimum Gasteiger partial charge on any atom is -0.492 e. The molecule has 7 nitrogen and oxygen atoms in total. The first kappa shape index (κ1) is 27.6. The first-order valence-electron chi connectivity index (χ1n) is 13.7. The summed E-state index contributed by atoms with van der Waals surface area (Å²) in [6.45, 7) is 3.06. The van der Waals surface area contributed by atoms with Crippen LogP contribution in [0.15, 0.2) is 60.8 Å². The fourth-order valence-electron chi connectivity index (χ4n) is 5.44. The molecule has 0 spiro atoms. The zero-order valence-corrected chi connectivity index (χ0v) is 23.6. The summed E-state index contributed by atoms with van der Waals surface area (Å²) in [5.41, 5.74) is 8.38. The highest BCUT2D eigenvalue weighted by molar-refractivity contribution is 5.76. The molecule has 0 fully saturated rings. The van der Waals surface area contributed by atoms with Gasteiger partial charge in [-0.2, -0.15) is 0 Å². The number of ether oxygens (including phenoxy) is 5. The van der Waals surface area contributed by atoms with Gasteiger partial charge >= 0.3 is 5.97 Å². The Morgan fingerprint density at radius 3 is 2.73 bits per heavy atom. The van der Waals surface area contributed by atoms with Gasteiger partial charge in [-0.1, -0.05) is 30.3 Å². The van der Waals surface area contributed by atoms with Crippen LogP contribution in [-0.2, 0) is 33.7 Å². The molecule has 0 saturated carbocycles. The van der Waals surface area contributed by atoms with Crippen molar-refractivity contribution in [2.45, 2.75) is 51.4 Å². The van der Waals surface area contributed by atoms with E-state index < -0.39 is 0 Å². The van der Waals surface area contributed by atoms with Crippen LogP contribution in [0.3, 0.4) is 0 Å². The van der Waals surface area contributed by atoms with E-state index in [4.69, 9.17) is 23.7 Å². The lowest BCUT2D eigenvalue weighted by Gasteiger charge is -2.29. The summed E-state index contributed by atoms with van der Waals surface area (Å²) < 4.78 is 28.6. The molecule has 0 aromatic heterocycles. The Morgan fingerprint density at radius 2 is 1.98 bits per heavy atom. The fourth-order valence-corrected chi connectivity index (χ4v) is 5.44. The maximum absolute atomic E-state index is 11.7. The van der Waals surface area contributed by atoms with Crippen LogP contribution >= 0.6 is 0 Å². The van der Waals surface area contributed by atoms with Gasteiger partial charge in [0.25, 0.3) is 0 Å². The monoisotopic (exact) mass is 543 g/mol.